The van der Waals surface area contributed by atoms with E-state index >= 15 is 0 Å². The minimum Gasteiger partial charge on any atom is -0.480 e. The fourth-order valence-corrected chi connectivity index (χ4v) is 3.14. The van der Waals surface area contributed by atoms with Crippen molar-refractivity contribution < 1.29 is 14.7 Å². The minimum atomic E-state index is -0.897. The van der Waals surface area contributed by atoms with Gasteiger partial charge in [-0.15, -0.1) is 0 Å². The number of carbonyl (C=O) groups excluding carboxylic acids is 1. The van der Waals surface area contributed by atoms with Gasteiger partial charge >= 0.3 is 5.97 Å². The molecule has 1 fully saturated rings. The van der Waals surface area contributed by atoms with Crippen molar-refractivity contribution >= 4 is 11.9 Å². The Balaban J connectivity index is 2.15. The van der Waals surface area contributed by atoms with Crippen molar-refractivity contribution in [1.29, 1.82) is 0 Å². The number of rotatable bonds is 5. The summed E-state index contributed by atoms with van der Waals surface area (Å²) < 4.78 is 0. The zero-order valence-corrected chi connectivity index (χ0v) is 13.6. The van der Waals surface area contributed by atoms with E-state index in [0.717, 1.165) is 18.4 Å². The van der Waals surface area contributed by atoms with Crippen LogP contribution in [0.25, 0.3) is 0 Å². The Kier molecular flexibility index (Phi) is 5.22. The fourth-order valence-electron chi connectivity index (χ4n) is 3.14. The van der Waals surface area contributed by atoms with Crippen LogP contribution >= 0.6 is 0 Å². The highest BCUT2D eigenvalue weighted by Crippen LogP contribution is 2.25. The van der Waals surface area contributed by atoms with E-state index in [9.17, 15) is 14.7 Å². The van der Waals surface area contributed by atoms with Crippen molar-refractivity contribution in [2.24, 2.45) is 5.92 Å². The van der Waals surface area contributed by atoms with Gasteiger partial charge in [-0.05, 0) is 43.2 Å². The molecule has 1 heterocycles. The van der Waals surface area contributed by atoms with Gasteiger partial charge in [0.1, 0.15) is 6.04 Å². The van der Waals surface area contributed by atoms with Gasteiger partial charge in [-0.3, -0.25) is 4.79 Å². The smallest absolute Gasteiger partial charge is 0.326 e. The third kappa shape index (κ3) is 3.67. The highest BCUT2D eigenvalue weighted by Gasteiger charge is 2.36. The molecule has 0 aromatic heterocycles. The molecule has 120 valence electrons. The summed E-state index contributed by atoms with van der Waals surface area (Å²) in [5.74, 6) is -0.707. The molecule has 0 bridgehead atoms. The quantitative estimate of drug-likeness (QED) is 0.909. The normalized spacial score (nSPS) is 19.5. The Hall–Kier alpha value is -1.84. The number of carboxylic acid groups (broad SMARTS) is 1. The number of likely N-dealkylation sites (tertiary alicyclic amines) is 1. The number of aliphatic carboxylic acids is 1. The maximum Gasteiger partial charge on any atom is 0.326 e. The first kappa shape index (κ1) is 16.5. The molecule has 0 radical (unpaired) electrons. The fraction of sp³-hybridized carbons (Fsp3) is 0.556. The van der Waals surface area contributed by atoms with Gasteiger partial charge in [0.25, 0.3) is 0 Å². The highest BCUT2D eigenvalue weighted by molar-refractivity contribution is 5.88. The van der Waals surface area contributed by atoms with Gasteiger partial charge in [0.05, 0.1) is 5.92 Å². The van der Waals surface area contributed by atoms with E-state index in [4.69, 9.17) is 0 Å². The van der Waals surface area contributed by atoms with Crippen LogP contribution in [0.1, 0.15) is 50.7 Å². The van der Waals surface area contributed by atoms with Gasteiger partial charge in [-0.1, -0.05) is 38.1 Å². The molecule has 22 heavy (non-hydrogen) atoms. The molecule has 1 aliphatic heterocycles. The Morgan fingerprint density at radius 2 is 2.05 bits per heavy atom. The van der Waals surface area contributed by atoms with E-state index in [-0.39, 0.29) is 11.8 Å². The van der Waals surface area contributed by atoms with Crippen LogP contribution in [-0.2, 0) is 16.0 Å². The first-order valence-corrected chi connectivity index (χ1v) is 8.02. The number of carbonyl (C=O) groups is 2. The van der Waals surface area contributed by atoms with Crippen LogP contribution in [0.15, 0.2) is 24.3 Å². The van der Waals surface area contributed by atoms with Crippen molar-refractivity contribution in [3.63, 3.8) is 0 Å². The Labute approximate surface area is 132 Å². The molecule has 1 aromatic rings. The summed E-state index contributed by atoms with van der Waals surface area (Å²) >= 11 is 0. The van der Waals surface area contributed by atoms with Crippen molar-refractivity contribution in [3.05, 3.63) is 35.4 Å². The Morgan fingerprint density at radius 1 is 1.32 bits per heavy atom. The predicted molar refractivity (Wildman–Crippen MR) is 85.8 cm³/mol. The van der Waals surface area contributed by atoms with Crippen LogP contribution in [0.5, 0.6) is 0 Å². The summed E-state index contributed by atoms with van der Waals surface area (Å²) in [6, 6.07) is 7.44. The third-order valence-corrected chi connectivity index (χ3v) is 4.29. The van der Waals surface area contributed by atoms with E-state index in [1.807, 2.05) is 19.1 Å². The molecule has 0 spiro atoms. The monoisotopic (exact) mass is 303 g/mol. The van der Waals surface area contributed by atoms with Crippen molar-refractivity contribution in [1.82, 2.24) is 4.90 Å². The molecular weight excluding hydrogens is 278 g/mol. The first-order valence-electron chi connectivity index (χ1n) is 8.02. The largest absolute Gasteiger partial charge is 0.480 e. The molecule has 4 nitrogen and oxygen atoms in total. The summed E-state index contributed by atoms with van der Waals surface area (Å²) in [5, 5.41) is 9.23. The zero-order chi connectivity index (χ0) is 16.3. The van der Waals surface area contributed by atoms with Crippen LogP contribution in [0.4, 0.5) is 0 Å². The second kappa shape index (κ2) is 6.95. The zero-order valence-electron chi connectivity index (χ0n) is 13.6. The summed E-state index contributed by atoms with van der Waals surface area (Å²) in [6.07, 6.45) is 2.31. The van der Waals surface area contributed by atoms with Gasteiger partial charge in [0.2, 0.25) is 5.91 Å². The number of benzene rings is 1. The molecule has 2 rings (SSSR count). The maximum absolute atomic E-state index is 12.7. The Bertz CT molecular complexity index is 553. The first-order chi connectivity index (χ1) is 10.4. The lowest BCUT2D eigenvalue weighted by Gasteiger charge is -2.25. The van der Waals surface area contributed by atoms with Crippen molar-refractivity contribution in [2.75, 3.05) is 6.54 Å². The maximum atomic E-state index is 12.7. The second-order valence-electron chi connectivity index (χ2n) is 6.59. The van der Waals surface area contributed by atoms with Crippen LogP contribution in [0, 0.1) is 5.92 Å². The molecule has 1 saturated heterocycles. The molecule has 1 aromatic carbocycles. The van der Waals surface area contributed by atoms with Gasteiger partial charge in [-0.2, -0.15) is 0 Å². The SMILES string of the molecule is CC(C)Cc1cccc(C(C)C(=O)N2CCC[C@H]2C(=O)O)c1. The van der Waals surface area contributed by atoms with Crippen LogP contribution in [0.3, 0.4) is 0 Å². The molecule has 2 atom stereocenters. The lowest BCUT2D eigenvalue weighted by atomic mass is 9.94. The summed E-state index contributed by atoms with van der Waals surface area (Å²) in [6.45, 7) is 6.76. The number of amides is 1. The third-order valence-electron chi connectivity index (χ3n) is 4.29. The van der Waals surface area contributed by atoms with E-state index < -0.39 is 12.0 Å². The van der Waals surface area contributed by atoms with Crippen LogP contribution in [0.2, 0.25) is 0 Å². The number of carboxylic acids is 1. The topological polar surface area (TPSA) is 57.6 Å². The molecule has 1 unspecified atom stereocenters. The van der Waals surface area contributed by atoms with E-state index in [2.05, 4.69) is 26.0 Å². The van der Waals surface area contributed by atoms with Gasteiger partial charge < -0.3 is 10.0 Å². The average Bonchev–Trinajstić information content (AvgIpc) is 2.95. The highest BCUT2D eigenvalue weighted by atomic mass is 16.4. The molecular formula is C18H25NO3. The number of hydrogen-bond acceptors (Lipinski definition) is 2. The number of nitrogens with zero attached hydrogens (tertiary/aromatic N) is 1. The molecule has 0 saturated carbocycles. The summed E-state index contributed by atoms with van der Waals surface area (Å²) in [4.78, 5) is 25.4. The van der Waals surface area contributed by atoms with E-state index in [0.29, 0.717) is 18.9 Å². The van der Waals surface area contributed by atoms with Gasteiger partial charge in [0.15, 0.2) is 0 Å². The van der Waals surface area contributed by atoms with E-state index in [1.165, 1.54) is 10.5 Å². The van der Waals surface area contributed by atoms with Crippen LogP contribution in [-0.4, -0.2) is 34.5 Å². The Morgan fingerprint density at radius 3 is 2.68 bits per heavy atom. The summed E-state index contributed by atoms with van der Waals surface area (Å²) in [7, 11) is 0. The lowest BCUT2D eigenvalue weighted by Crippen LogP contribution is -2.42. The second-order valence-corrected chi connectivity index (χ2v) is 6.59. The molecule has 1 N–H and O–H groups in total. The molecule has 0 aliphatic carbocycles. The number of hydrogen-bond donors (Lipinski definition) is 1. The minimum absolute atomic E-state index is 0.0772. The standard InChI is InChI=1S/C18H25NO3/c1-12(2)10-14-6-4-7-15(11-14)13(3)17(20)19-9-5-8-16(19)18(21)22/h4,6-7,11-13,16H,5,8-10H2,1-3H3,(H,21,22)/t13?,16-/m0/s1. The van der Waals surface area contributed by atoms with Gasteiger partial charge in [0, 0.05) is 6.54 Å². The van der Waals surface area contributed by atoms with Crippen molar-refractivity contribution in [3.8, 4) is 0 Å². The van der Waals surface area contributed by atoms with E-state index in [1.54, 1.807) is 0 Å². The average molecular weight is 303 g/mol. The lowest BCUT2D eigenvalue weighted by molar-refractivity contribution is -0.148. The molecule has 4 heteroatoms. The molecule has 1 aliphatic rings. The summed E-state index contributed by atoms with van der Waals surface area (Å²) in [5.41, 5.74) is 2.20. The van der Waals surface area contributed by atoms with Crippen LogP contribution < -0.4 is 0 Å². The molecule has 1 amide bonds. The predicted octanol–water partition coefficient (Wildman–Crippen LogP) is 3.06. The van der Waals surface area contributed by atoms with Gasteiger partial charge in [-0.25, -0.2) is 4.79 Å². The van der Waals surface area contributed by atoms with Crippen molar-refractivity contribution in [2.45, 2.75) is 52.0 Å².